The average Bonchev–Trinajstić information content (AvgIpc) is 2.75. The minimum Gasteiger partial charge on any atom is -0.385 e. The van der Waals surface area contributed by atoms with Crippen LogP contribution in [-0.4, -0.2) is 52.7 Å². The largest absolute Gasteiger partial charge is 0.460 e. The second kappa shape index (κ2) is 10.1. The van der Waals surface area contributed by atoms with Crippen LogP contribution in [0.15, 0.2) is 24.3 Å². The fourth-order valence-corrected chi connectivity index (χ4v) is 3.28. The molecule has 228 valence electrons. The summed E-state index contributed by atoms with van der Waals surface area (Å²) in [6.07, 6.45) is -9.46. The number of aryl methyl sites for hydroxylation is 1. The first kappa shape index (κ1) is 35.0. The van der Waals surface area contributed by atoms with Crippen molar-refractivity contribution in [1.82, 2.24) is 0 Å². The van der Waals surface area contributed by atoms with Gasteiger partial charge in [0.05, 0.1) is 12.0 Å². The maximum Gasteiger partial charge on any atom is 0.460 e. The van der Waals surface area contributed by atoms with Gasteiger partial charge in [-0.05, 0) is 30.9 Å². The third-order valence-corrected chi connectivity index (χ3v) is 5.72. The highest BCUT2D eigenvalue weighted by Gasteiger charge is 2.95. The van der Waals surface area contributed by atoms with E-state index in [1.54, 1.807) is 6.92 Å². The monoisotopic (exact) mass is 610 g/mol. The summed E-state index contributed by atoms with van der Waals surface area (Å²) in [6, 6.07) is 4.15. The Morgan fingerprint density at radius 3 is 1.44 bits per heavy atom. The van der Waals surface area contributed by atoms with Crippen molar-refractivity contribution in [3.05, 3.63) is 35.4 Å². The Hall–Kier alpha value is -2.01. The van der Waals surface area contributed by atoms with Gasteiger partial charge < -0.3 is 5.11 Å². The fourth-order valence-electron chi connectivity index (χ4n) is 3.28. The Morgan fingerprint density at radius 1 is 0.615 bits per heavy atom. The van der Waals surface area contributed by atoms with Crippen LogP contribution in [0.25, 0.3) is 0 Å². The van der Waals surface area contributed by atoms with Crippen LogP contribution >= 0.6 is 0 Å². The topological polar surface area (TPSA) is 20.2 Å². The molecule has 0 fully saturated rings. The first-order valence-electron chi connectivity index (χ1n) is 10.5. The lowest BCUT2D eigenvalue weighted by Gasteiger charge is -2.43. The molecule has 0 saturated carbocycles. The lowest BCUT2D eigenvalue weighted by Crippen LogP contribution is -2.74. The molecule has 0 aliphatic heterocycles. The molecular weight excluding hydrogens is 591 g/mol. The molecule has 0 saturated heterocycles. The third kappa shape index (κ3) is 5.49. The van der Waals surface area contributed by atoms with Crippen LogP contribution in [-0.2, 0) is 12.0 Å². The van der Waals surface area contributed by atoms with E-state index in [9.17, 15) is 79.7 Å². The number of alkyl halides is 17. The molecule has 1 atom stereocenters. The molecule has 0 radical (unpaired) electrons. The van der Waals surface area contributed by atoms with E-state index in [0.29, 0.717) is 19.8 Å². The van der Waals surface area contributed by atoms with Gasteiger partial charge in [0.1, 0.15) is 0 Å². The van der Waals surface area contributed by atoms with Crippen molar-refractivity contribution in [2.45, 2.75) is 92.8 Å². The lowest BCUT2D eigenvalue weighted by atomic mass is 9.83. The lowest BCUT2D eigenvalue weighted by molar-refractivity contribution is -0.462. The molecule has 18 heteroatoms. The number of hydrogen-bond donors (Lipinski definition) is 1. The van der Waals surface area contributed by atoms with E-state index >= 15 is 0 Å². The summed E-state index contributed by atoms with van der Waals surface area (Å²) in [6.45, 7) is 2.01. The van der Waals surface area contributed by atoms with Crippen molar-refractivity contribution < 1.29 is 79.7 Å². The van der Waals surface area contributed by atoms with Gasteiger partial charge in [0.15, 0.2) is 0 Å². The predicted octanol–water partition coefficient (Wildman–Crippen LogP) is 8.64. The maximum absolute atomic E-state index is 14.3. The smallest absolute Gasteiger partial charge is 0.385 e. The number of rotatable bonds is 12. The first-order valence-corrected chi connectivity index (χ1v) is 10.5. The van der Waals surface area contributed by atoms with E-state index in [2.05, 4.69) is 0 Å². The summed E-state index contributed by atoms with van der Waals surface area (Å²) in [7, 11) is 0. The van der Waals surface area contributed by atoms with Crippen LogP contribution in [0.1, 0.15) is 44.2 Å². The molecule has 1 unspecified atom stereocenters. The highest BCUT2D eigenvalue weighted by atomic mass is 19.4. The zero-order chi connectivity index (χ0) is 31.3. The standard InChI is InChI=1S/C21H19F17O/c1-3-4-6-11-7-5-8-12(9-11)13(2,39)10-14(22,23)15(24,25)16(26,27)17(28,29)18(30,31)19(32,33)20(34,35)21(36,37)38/h5,7-9,39H,3-4,6,10H2,1-2H3. The van der Waals surface area contributed by atoms with Gasteiger partial charge in [-0.15, -0.1) is 0 Å². The Labute approximate surface area is 209 Å². The number of aliphatic hydroxyl groups is 1. The summed E-state index contributed by atoms with van der Waals surface area (Å²) >= 11 is 0. The van der Waals surface area contributed by atoms with Gasteiger partial charge in [-0.25, -0.2) is 0 Å². The first-order chi connectivity index (χ1) is 17.0. The average molecular weight is 610 g/mol. The molecule has 39 heavy (non-hydrogen) atoms. The molecule has 0 heterocycles. The van der Waals surface area contributed by atoms with E-state index in [0.717, 1.165) is 18.2 Å². The van der Waals surface area contributed by atoms with Crippen molar-refractivity contribution >= 4 is 0 Å². The third-order valence-electron chi connectivity index (χ3n) is 5.72. The van der Waals surface area contributed by atoms with E-state index in [-0.39, 0.29) is 12.0 Å². The molecule has 1 aromatic carbocycles. The van der Waals surface area contributed by atoms with Crippen LogP contribution in [0, 0.1) is 0 Å². The second-order valence-electron chi connectivity index (χ2n) is 8.90. The number of unbranched alkanes of at least 4 members (excludes halogenated alkanes) is 1. The van der Waals surface area contributed by atoms with Crippen molar-refractivity contribution in [2.24, 2.45) is 0 Å². The number of hydrogen-bond acceptors (Lipinski definition) is 1. The van der Waals surface area contributed by atoms with Crippen molar-refractivity contribution in [2.75, 3.05) is 0 Å². The fraction of sp³-hybridized carbons (Fsp3) is 0.714. The summed E-state index contributed by atoms with van der Waals surface area (Å²) in [4.78, 5) is 0. The van der Waals surface area contributed by atoms with Crippen LogP contribution in [0.5, 0.6) is 0 Å². The summed E-state index contributed by atoms with van der Waals surface area (Å²) in [5.74, 6) is -57.0. The predicted molar refractivity (Wildman–Crippen MR) is 99.9 cm³/mol. The summed E-state index contributed by atoms with van der Waals surface area (Å²) < 4.78 is 228. The van der Waals surface area contributed by atoms with Crippen LogP contribution in [0.4, 0.5) is 74.6 Å². The van der Waals surface area contributed by atoms with E-state index in [1.165, 1.54) is 6.07 Å². The SMILES string of the molecule is CCCCc1cccc(C(C)(O)CC(F)(F)C(F)(F)C(F)(F)C(F)(F)C(F)(F)C(F)(F)C(F)(F)C(F)(F)F)c1. The summed E-state index contributed by atoms with van der Waals surface area (Å²) in [5, 5.41) is 10.3. The molecule has 1 nitrogen and oxygen atoms in total. The molecule has 0 spiro atoms. The highest BCUT2D eigenvalue weighted by molar-refractivity contribution is 5.29. The second-order valence-corrected chi connectivity index (χ2v) is 8.90. The normalized spacial score (nSPS) is 16.8. The van der Waals surface area contributed by atoms with Crippen LogP contribution in [0.2, 0.25) is 0 Å². The van der Waals surface area contributed by atoms with Crippen LogP contribution < -0.4 is 0 Å². The molecule has 0 aromatic heterocycles. The van der Waals surface area contributed by atoms with Gasteiger partial charge in [0.25, 0.3) is 0 Å². The van der Waals surface area contributed by atoms with Crippen molar-refractivity contribution in [3.63, 3.8) is 0 Å². The van der Waals surface area contributed by atoms with Gasteiger partial charge in [-0.1, -0.05) is 37.6 Å². The molecule has 1 aromatic rings. The van der Waals surface area contributed by atoms with E-state index < -0.39 is 65.2 Å². The molecular formula is C21H19F17O. The van der Waals surface area contributed by atoms with Gasteiger partial charge in [-0.3, -0.25) is 0 Å². The molecule has 0 aliphatic carbocycles. The zero-order valence-electron chi connectivity index (χ0n) is 19.5. The molecule has 0 bridgehead atoms. The van der Waals surface area contributed by atoms with Gasteiger partial charge in [-0.2, -0.15) is 74.6 Å². The van der Waals surface area contributed by atoms with Gasteiger partial charge in [0, 0.05) is 0 Å². The number of benzene rings is 1. The molecule has 0 amide bonds. The highest BCUT2D eigenvalue weighted by Crippen LogP contribution is 2.64. The van der Waals surface area contributed by atoms with Gasteiger partial charge >= 0.3 is 47.6 Å². The van der Waals surface area contributed by atoms with E-state index in [4.69, 9.17) is 0 Å². The Morgan fingerprint density at radius 2 is 1.03 bits per heavy atom. The van der Waals surface area contributed by atoms with Crippen LogP contribution in [0.3, 0.4) is 0 Å². The van der Waals surface area contributed by atoms with Gasteiger partial charge in [0.2, 0.25) is 0 Å². The molecule has 1 rings (SSSR count). The Bertz CT molecular complexity index is 994. The maximum atomic E-state index is 14.3. The van der Waals surface area contributed by atoms with Crippen molar-refractivity contribution in [3.8, 4) is 0 Å². The molecule has 1 N–H and O–H groups in total. The minimum atomic E-state index is -8.68. The quantitative estimate of drug-likeness (QED) is 0.235. The number of halogens is 17. The van der Waals surface area contributed by atoms with Crippen molar-refractivity contribution in [1.29, 1.82) is 0 Å². The minimum absolute atomic E-state index is 0.225. The Kier molecular flexibility index (Phi) is 9.09. The zero-order valence-corrected chi connectivity index (χ0v) is 19.5. The van der Waals surface area contributed by atoms with E-state index in [1.807, 2.05) is 0 Å². The molecule has 0 aliphatic rings. The Balaban J connectivity index is 3.57. The summed E-state index contributed by atoms with van der Waals surface area (Å²) in [5.41, 5.74) is -3.71.